The topological polar surface area (TPSA) is 17.8 Å². The molecule has 0 N–H and O–H groups in total. The van der Waals surface area contributed by atoms with E-state index in [1.165, 1.54) is 0 Å². The van der Waals surface area contributed by atoms with Crippen molar-refractivity contribution in [1.82, 2.24) is 9.55 Å². The molecule has 0 unspecified atom stereocenters. The minimum Gasteiger partial charge on any atom is -0.336 e. The van der Waals surface area contributed by atoms with Crippen LogP contribution in [0.3, 0.4) is 0 Å². The van der Waals surface area contributed by atoms with E-state index in [-0.39, 0.29) is 0 Å². The summed E-state index contributed by atoms with van der Waals surface area (Å²) in [5.74, 6) is 0. The third-order valence-electron chi connectivity index (χ3n) is 1.84. The van der Waals surface area contributed by atoms with Crippen molar-refractivity contribution in [3.8, 4) is 0 Å². The second-order valence-corrected chi connectivity index (χ2v) is 3.11. The average Bonchev–Trinajstić information content (AvgIpc) is 2.12. The molecule has 60 valence electrons. The van der Waals surface area contributed by atoms with Gasteiger partial charge in [0.25, 0.3) is 0 Å². The Balaban J connectivity index is 3.05. The summed E-state index contributed by atoms with van der Waals surface area (Å²) in [6, 6.07) is 5.81. The molecule has 0 aliphatic rings. The van der Waals surface area contributed by atoms with Gasteiger partial charge >= 0.3 is 0 Å². The fourth-order valence-corrected chi connectivity index (χ4v) is 1.43. The van der Waals surface area contributed by atoms with Gasteiger partial charge in [0.15, 0.2) is 0 Å². The smallest absolute Gasteiger partial charge is 0.140 e. The van der Waals surface area contributed by atoms with Gasteiger partial charge in [-0.2, -0.15) is 0 Å². The highest BCUT2D eigenvalue weighted by molar-refractivity contribution is 7.71. The molecular weight excluding hydrogens is 168 g/mol. The van der Waals surface area contributed by atoms with E-state index in [1.807, 2.05) is 36.0 Å². The number of aromatic nitrogens is 2. The maximum absolute atomic E-state index is 5.16. The first-order valence-corrected chi connectivity index (χ1v) is 4.10. The molecule has 0 spiro atoms. The molecule has 2 aromatic heterocycles. The van der Waals surface area contributed by atoms with Gasteiger partial charge in [0, 0.05) is 24.8 Å². The van der Waals surface area contributed by atoms with Gasteiger partial charge in [0.2, 0.25) is 0 Å². The minimum atomic E-state index is 0.858. The van der Waals surface area contributed by atoms with Crippen LogP contribution in [-0.4, -0.2) is 9.55 Å². The van der Waals surface area contributed by atoms with Crippen LogP contribution in [0, 0.1) is 4.51 Å². The Bertz CT molecular complexity index is 473. The van der Waals surface area contributed by atoms with Gasteiger partial charge in [-0.05, 0) is 18.2 Å². The fourth-order valence-electron chi connectivity index (χ4n) is 1.21. The highest BCUT2D eigenvalue weighted by Crippen LogP contribution is 2.10. The molecule has 2 rings (SSSR count). The fraction of sp³-hybridized carbons (Fsp3) is 0.111. The van der Waals surface area contributed by atoms with Crippen LogP contribution in [-0.2, 0) is 7.05 Å². The Morgan fingerprint density at radius 3 is 3.00 bits per heavy atom. The lowest BCUT2D eigenvalue weighted by Crippen LogP contribution is -1.93. The number of pyridine rings is 2. The summed E-state index contributed by atoms with van der Waals surface area (Å²) in [6.45, 7) is 0. The van der Waals surface area contributed by atoms with Gasteiger partial charge < -0.3 is 4.57 Å². The molecule has 0 saturated carbocycles. The first kappa shape index (κ1) is 7.43. The number of hydrogen-bond acceptors (Lipinski definition) is 2. The zero-order valence-corrected chi connectivity index (χ0v) is 7.51. The number of aryl methyl sites for hydroxylation is 1. The van der Waals surface area contributed by atoms with E-state index >= 15 is 0 Å². The maximum atomic E-state index is 5.16. The van der Waals surface area contributed by atoms with E-state index < -0.39 is 0 Å². The molecule has 3 heteroatoms. The van der Waals surface area contributed by atoms with Crippen LogP contribution in [0.25, 0.3) is 11.0 Å². The average molecular weight is 176 g/mol. The standard InChI is InChI=1S/C9H8N2S/c1-11-6-4-8(12)7-3-2-5-10-9(7)11/h2-6H,1H3. The molecule has 0 radical (unpaired) electrons. The van der Waals surface area contributed by atoms with Crippen LogP contribution in [0.15, 0.2) is 30.6 Å². The number of rotatable bonds is 0. The Labute approximate surface area is 75.5 Å². The largest absolute Gasteiger partial charge is 0.336 e. The van der Waals surface area contributed by atoms with E-state index in [0.717, 1.165) is 15.5 Å². The van der Waals surface area contributed by atoms with Crippen LogP contribution in [0.2, 0.25) is 0 Å². The van der Waals surface area contributed by atoms with Crippen molar-refractivity contribution in [3.05, 3.63) is 35.1 Å². The molecule has 0 saturated heterocycles. The summed E-state index contributed by atoms with van der Waals surface area (Å²) < 4.78 is 2.82. The monoisotopic (exact) mass is 176 g/mol. The molecule has 0 aliphatic carbocycles. The van der Waals surface area contributed by atoms with E-state index in [4.69, 9.17) is 12.2 Å². The Morgan fingerprint density at radius 1 is 1.42 bits per heavy atom. The summed E-state index contributed by atoms with van der Waals surface area (Å²) in [5.41, 5.74) is 0.935. The van der Waals surface area contributed by atoms with Crippen LogP contribution < -0.4 is 0 Å². The van der Waals surface area contributed by atoms with Gasteiger partial charge in [0.05, 0.1) is 4.51 Å². The quantitative estimate of drug-likeness (QED) is 0.573. The van der Waals surface area contributed by atoms with Gasteiger partial charge in [-0.25, -0.2) is 4.98 Å². The highest BCUT2D eigenvalue weighted by Gasteiger charge is 1.95. The first-order chi connectivity index (χ1) is 5.79. The summed E-state index contributed by atoms with van der Waals surface area (Å²) in [6.07, 6.45) is 3.70. The second kappa shape index (κ2) is 2.68. The molecule has 0 fully saturated rings. The lowest BCUT2D eigenvalue weighted by Gasteiger charge is -2.02. The molecule has 12 heavy (non-hydrogen) atoms. The van der Waals surface area contributed by atoms with E-state index in [1.54, 1.807) is 6.20 Å². The van der Waals surface area contributed by atoms with Crippen molar-refractivity contribution >= 4 is 23.3 Å². The van der Waals surface area contributed by atoms with Crippen molar-refractivity contribution in [2.75, 3.05) is 0 Å². The van der Waals surface area contributed by atoms with Crippen LogP contribution in [0.5, 0.6) is 0 Å². The zero-order chi connectivity index (χ0) is 8.55. The molecule has 2 nitrogen and oxygen atoms in total. The van der Waals surface area contributed by atoms with Gasteiger partial charge in [-0.15, -0.1) is 0 Å². The Kier molecular flexibility index (Phi) is 1.66. The predicted molar refractivity (Wildman–Crippen MR) is 51.5 cm³/mol. The normalized spacial score (nSPS) is 10.4. The van der Waals surface area contributed by atoms with Gasteiger partial charge in [-0.3, -0.25) is 0 Å². The first-order valence-electron chi connectivity index (χ1n) is 3.69. The van der Waals surface area contributed by atoms with E-state index in [0.29, 0.717) is 0 Å². The molecule has 0 atom stereocenters. The zero-order valence-electron chi connectivity index (χ0n) is 6.69. The third kappa shape index (κ3) is 1.02. The minimum absolute atomic E-state index is 0.858. The molecule has 2 aromatic rings. The molecule has 0 bridgehead atoms. The van der Waals surface area contributed by atoms with Gasteiger partial charge in [0.1, 0.15) is 5.65 Å². The Hall–Kier alpha value is -1.22. The molecule has 0 aromatic carbocycles. The summed E-state index contributed by atoms with van der Waals surface area (Å²) in [5, 5.41) is 1.04. The van der Waals surface area contributed by atoms with Crippen molar-refractivity contribution in [2.24, 2.45) is 7.05 Å². The lowest BCUT2D eigenvalue weighted by atomic mass is 10.3. The van der Waals surface area contributed by atoms with Crippen LogP contribution in [0.4, 0.5) is 0 Å². The predicted octanol–water partition coefficient (Wildman–Crippen LogP) is 2.30. The van der Waals surface area contributed by atoms with Crippen molar-refractivity contribution in [2.45, 2.75) is 0 Å². The number of nitrogens with zero attached hydrogens (tertiary/aromatic N) is 2. The van der Waals surface area contributed by atoms with Crippen molar-refractivity contribution < 1.29 is 0 Å². The third-order valence-corrected chi connectivity index (χ3v) is 2.19. The number of fused-ring (bicyclic) bond motifs is 1. The number of hydrogen-bond donors (Lipinski definition) is 0. The summed E-state index contributed by atoms with van der Waals surface area (Å²) in [4.78, 5) is 4.24. The molecule has 0 amide bonds. The second-order valence-electron chi connectivity index (χ2n) is 2.67. The SMILES string of the molecule is Cn1ccc(=S)c2cccnc21. The molecule has 2 heterocycles. The molecular formula is C9H8N2S. The summed E-state index contributed by atoms with van der Waals surface area (Å²) >= 11 is 5.16. The van der Waals surface area contributed by atoms with E-state index in [9.17, 15) is 0 Å². The van der Waals surface area contributed by atoms with Crippen molar-refractivity contribution in [3.63, 3.8) is 0 Å². The maximum Gasteiger partial charge on any atom is 0.140 e. The Morgan fingerprint density at radius 2 is 2.25 bits per heavy atom. The van der Waals surface area contributed by atoms with Crippen molar-refractivity contribution in [1.29, 1.82) is 0 Å². The lowest BCUT2D eigenvalue weighted by molar-refractivity contribution is 0.930. The molecule has 0 aliphatic heterocycles. The summed E-state index contributed by atoms with van der Waals surface area (Å²) in [7, 11) is 1.96. The van der Waals surface area contributed by atoms with Crippen LogP contribution >= 0.6 is 12.2 Å². The van der Waals surface area contributed by atoms with E-state index in [2.05, 4.69) is 4.98 Å². The van der Waals surface area contributed by atoms with Gasteiger partial charge in [-0.1, -0.05) is 12.2 Å². The highest BCUT2D eigenvalue weighted by atomic mass is 32.1. The van der Waals surface area contributed by atoms with Crippen LogP contribution in [0.1, 0.15) is 0 Å².